The third-order valence-electron chi connectivity index (χ3n) is 5.36. The monoisotopic (exact) mass is 586 g/mol. The Bertz CT molecular complexity index is 1440. The maximum absolute atomic E-state index is 13.3. The summed E-state index contributed by atoms with van der Waals surface area (Å²) < 4.78 is 64.1. The molecule has 0 aliphatic heterocycles. The summed E-state index contributed by atoms with van der Waals surface area (Å²) in [5.74, 6) is 7.75. The lowest BCUT2D eigenvalue weighted by molar-refractivity contribution is -0.134. The molecule has 2 aromatic rings. The third-order valence-corrected chi connectivity index (χ3v) is 9.02. The third kappa shape index (κ3) is 9.36. The number of sulfonamides is 2. The van der Waals surface area contributed by atoms with Crippen LogP contribution < -0.4 is 0 Å². The molecule has 2 rings (SSSR count). The van der Waals surface area contributed by atoms with Gasteiger partial charge in [0.2, 0.25) is 20.0 Å². The molecule has 0 aliphatic rings. The van der Waals surface area contributed by atoms with Gasteiger partial charge in [0.1, 0.15) is 0 Å². The van der Waals surface area contributed by atoms with Gasteiger partial charge in [-0.2, -0.15) is 8.61 Å². The van der Waals surface area contributed by atoms with Crippen molar-refractivity contribution in [1.29, 1.82) is 0 Å². The number of hydrogen-bond acceptors (Lipinski definition) is 8. The SMILES string of the molecule is COC(=O)C#CCN(C/C=C/CN(CC#CC(=O)OC)S(=O)(=O)c1ccc(C)cc1)S(=O)(=O)c1ccc(C)cc1. The van der Waals surface area contributed by atoms with E-state index < -0.39 is 32.0 Å². The molecule has 0 N–H and O–H groups in total. The standard InChI is InChI=1S/C28H30N2O8S2/c1-23-11-15-25(16-12-23)39(33,34)29(21-7-9-27(31)37-3)19-5-6-20-30(22-8-10-28(32)38-4)40(35,36)26-17-13-24(2)14-18-26/h5-6,11-18H,19-22H2,1-4H3/b6-5+. The highest BCUT2D eigenvalue weighted by molar-refractivity contribution is 7.89. The van der Waals surface area contributed by atoms with E-state index in [-0.39, 0.29) is 36.0 Å². The van der Waals surface area contributed by atoms with E-state index in [0.717, 1.165) is 34.0 Å². The van der Waals surface area contributed by atoms with Crippen LogP contribution in [0.1, 0.15) is 11.1 Å². The van der Waals surface area contributed by atoms with E-state index in [1.165, 1.54) is 36.4 Å². The minimum absolute atomic E-state index is 0.0352. The van der Waals surface area contributed by atoms with E-state index in [0.29, 0.717) is 0 Å². The van der Waals surface area contributed by atoms with Crippen molar-refractivity contribution in [3.63, 3.8) is 0 Å². The predicted octanol–water partition coefficient (Wildman–Crippen LogP) is 1.89. The molecule has 0 spiro atoms. The topological polar surface area (TPSA) is 127 Å². The maximum atomic E-state index is 13.3. The molecule has 0 atom stereocenters. The van der Waals surface area contributed by atoms with Crippen molar-refractivity contribution in [2.24, 2.45) is 0 Å². The number of aryl methyl sites for hydroxylation is 2. The summed E-state index contributed by atoms with van der Waals surface area (Å²) in [5.41, 5.74) is 1.75. The molecule has 0 fully saturated rings. The van der Waals surface area contributed by atoms with Crippen LogP contribution in [0.2, 0.25) is 0 Å². The van der Waals surface area contributed by atoms with E-state index in [2.05, 4.69) is 33.2 Å². The van der Waals surface area contributed by atoms with Gasteiger partial charge in [0.25, 0.3) is 0 Å². The molecule has 0 aliphatic carbocycles. The van der Waals surface area contributed by atoms with Gasteiger partial charge in [0.05, 0.1) is 37.1 Å². The highest BCUT2D eigenvalue weighted by Crippen LogP contribution is 2.18. The van der Waals surface area contributed by atoms with E-state index >= 15 is 0 Å². The number of benzene rings is 2. The van der Waals surface area contributed by atoms with Crippen molar-refractivity contribution in [1.82, 2.24) is 8.61 Å². The molecular formula is C28H30N2O8S2. The number of nitrogens with zero attached hydrogens (tertiary/aromatic N) is 2. The van der Waals surface area contributed by atoms with Gasteiger partial charge in [-0.1, -0.05) is 59.4 Å². The first kappa shape index (κ1) is 32.3. The molecule has 0 saturated carbocycles. The Balaban J connectivity index is 2.32. The summed E-state index contributed by atoms with van der Waals surface area (Å²) in [6, 6.07) is 12.5. The summed E-state index contributed by atoms with van der Waals surface area (Å²) >= 11 is 0. The van der Waals surface area contributed by atoms with Gasteiger partial charge in [-0.25, -0.2) is 26.4 Å². The zero-order chi connectivity index (χ0) is 29.8. The Morgan fingerprint density at radius 3 is 1.30 bits per heavy atom. The van der Waals surface area contributed by atoms with Gasteiger partial charge < -0.3 is 9.47 Å². The first-order valence-corrected chi connectivity index (χ1v) is 14.7. The van der Waals surface area contributed by atoms with Crippen LogP contribution in [0.15, 0.2) is 70.5 Å². The van der Waals surface area contributed by atoms with Gasteiger partial charge in [-0.3, -0.25) is 0 Å². The number of hydrogen-bond donors (Lipinski definition) is 0. The van der Waals surface area contributed by atoms with Gasteiger partial charge in [0.15, 0.2) is 0 Å². The van der Waals surface area contributed by atoms with Gasteiger partial charge in [-0.15, -0.1) is 0 Å². The van der Waals surface area contributed by atoms with Crippen LogP contribution in [-0.4, -0.2) is 77.8 Å². The second-order valence-electron chi connectivity index (χ2n) is 8.28. The van der Waals surface area contributed by atoms with Crippen LogP contribution in [0.3, 0.4) is 0 Å². The zero-order valence-corrected chi connectivity index (χ0v) is 24.2. The van der Waals surface area contributed by atoms with Crippen LogP contribution in [0.4, 0.5) is 0 Å². The molecule has 212 valence electrons. The van der Waals surface area contributed by atoms with Crippen molar-refractivity contribution in [2.45, 2.75) is 23.6 Å². The molecule has 0 saturated heterocycles. The first-order chi connectivity index (χ1) is 18.9. The summed E-state index contributed by atoms with van der Waals surface area (Å²) in [6.45, 7) is 2.68. The minimum atomic E-state index is -4.00. The number of esters is 2. The fourth-order valence-electron chi connectivity index (χ4n) is 3.10. The van der Waals surface area contributed by atoms with Gasteiger partial charge in [-0.05, 0) is 38.1 Å². The average Bonchev–Trinajstić information content (AvgIpc) is 2.93. The quantitative estimate of drug-likeness (QED) is 0.179. The Morgan fingerprint density at radius 2 is 1.00 bits per heavy atom. The second kappa shape index (κ2) is 15.0. The van der Waals surface area contributed by atoms with Crippen molar-refractivity contribution in [2.75, 3.05) is 40.4 Å². The Labute approximate surface area is 235 Å². The molecule has 0 heterocycles. The number of methoxy groups -OCH3 is 2. The highest BCUT2D eigenvalue weighted by Gasteiger charge is 2.24. The molecule has 10 nitrogen and oxygen atoms in total. The number of carbonyl (C=O) groups is 2. The van der Waals surface area contributed by atoms with E-state index in [4.69, 9.17) is 0 Å². The van der Waals surface area contributed by atoms with Crippen LogP contribution in [0.25, 0.3) is 0 Å². The molecule has 2 aromatic carbocycles. The van der Waals surface area contributed by atoms with Crippen LogP contribution in [0, 0.1) is 37.5 Å². The molecule has 0 aromatic heterocycles. The summed E-state index contributed by atoms with van der Waals surface area (Å²) in [4.78, 5) is 22.8. The molecule has 0 radical (unpaired) electrons. The highest BCUT2D eigenvalue weighted by atomic mass is 32.2. The van der Waals surface area contributed by atoms with E-state index in [1.54, 1.807) is 24.3 Å². The lowest BCUT2D eigenvalue weighted by Gasteiger charge is -2.20. The molecular weight excluding hydrogens is 556 g/mol. The van der Waals surface area contributed by atoms with Crippen molar-refractivity contribution >= 4 is 32.0 Å². The normalized spacial score (nSPS) is 11.4. The summed E-state index contributed by atoms with van der Waals surface area (Å²) in [5, 5.41) is 0. The fourth-order valence-corrected chi connectivity index (χ4v) is 5.69. The van der Waals surface area contributed by atoms with Crippen LogP contribution in [0.5, 0.6) is 0 Å². The number of carbonyl (C=O) groups excluding carboxylic acids is 2. The molecule has 0 bridgehead atoms. The largest absolute Gasteiger partial charge is 0.459 e. The van der Waals surface area contributed by atoms with E-state index in [9.17, 15) is 26.4 Å². The smallest absolute Gasteiger partial charge is 0.384 e. The summed E-state index contributed by atoms with van der Waals surface area (Å²) in [6.07, 6.45) is 2.94. The van der Waals surface area contributed by atoms with Crippen molar-refractivity contribution in [3.8, 4) is 23.7 Å². The average molecular weight is 587 g/mol. The minimum Gasteiger partial charge on any atom is -0.459 e. The number of ether oxygens (including phenoxy) is 2. The Kier molecular flexibility index (Phi) is 12.1. The lowest BCUT2D eigenvalue weighted by Crippen LogP contribution is -2.33. The molecule has 0 amide bonds. The second-order valence-corrected chi connectivity index (χ2v) is 12.2. The van der Waals surface area contributed by atoms with Crippen LogP contribution >= 0.6 is 0 Å². The van der Waals surface area contributed by atoms with Gasteiger partial charge in [0, 0.05) is 24.9 Å². The zero-order valence-electron chi connectivity index (χ0n) is 22.6. The predicted molar refractivity (Wildman–Crippen MR) is 149 cm³/mol. The van der Waals surface area contributed by atoms with Crippen molar-refractivity contribution < 1.29 is 35.9 Å². The molecule has 0 unspecified atom stereocenters. The number of rotatable bonds is 10. The van der Waals surface area contributed by atoms with Crippen molar-refractivity contribution in [3.05, 3.63) is 71.8 Å². The lowest BCUT2D eigenvalue weighted by atomic mass is 10.2. The van der Waals surface area contributed by atoms with Crippen LogP contribution in [-0.2, 0) is 39.1 Å². The Hall–Kier alpha value is -3.94. The summed E-state index contributed by atoms with van der Waals surface area (Å²) in [7, 11) is -5.69. The Morgan fingerprint density at radius 1 is 0.675 bits per heavy atom. The van der Waals surface area contributed by atoms with Gasteiger partial charge >= 0.3 is 11.9 Å². The van der Waals surface area contributed by atoms with E-state index in [1.807, 2.05) is 13.8 Å². The first-order valence-electron chi connectivity index (χ1n) is 11.8. The molecule has 40 heavy (non-hydrogen) atoms. The fraction of sp³-hybridized carbons (Fsp3) is 0.286. The maximum Gasteiger partial charge on any atom is 0.384 e. The molecule has 12 heteroatoms.